The van der Waals surface area contributed by atoms with Gasteiger partial charge < -0.3 is 19.5 Å². The smallest absolute Gasteiger partial charge is 0.251 e. The van der Waals surface area contributed by atoms with E-state index in [1.165, 1.54) is 0 Å². The van der Waals surface area contributed by atoms with Crippen LogP contribution in [0.1, 0.15) is 36.2 Å². The summed E-state index contributed by atoms with van der Waals surface area (Å²) in [5, 5.41) is 2.91. The minimum Gasteiger partial charge on any atom is -0.497 e. The van der Waals surface area contributed by atoms with Gasteiger partial charge in [-0.1, -0.05) is 19.9 Å². The Kier molecular flexibility index (Phi) is 7.33. The summed E-state index contributed by atoms with van der Waals surface area (Å²) in [5.74, 6) is 2.57. The lowest BCUT2D eigenvalue weighted by atomic mass is 10.1. The minimum atomic E-state index is -0.135. The third-order valence-electron chi connectivity index (χ3n) is 3.99. The van der Waals surface area contributed by atoms with Gasteiger partial charge in [-0.05, 0) is 54.3 Å². The fraction of sp³-hybridized carbons (Fsp3) is 0.381. The van der Waals surface area contributed by atoms with E-state index in [0.717, 1.165) is 23.5 Å². The number of benzene rings is 2. The van der Waals surface area contributed by atoms with Gasteiger partial charge in [0.05, 0.1) is 20.8 Å². The summed E-state index contributed by atoms with van der Waals surface area (Å²) in [6, 6.07) is 12.7. The molecule has 1 amide bonds. The zero-order valence-corrected chi connectivity index (χ0v) is 15.9. The minimum absolute atomic E-state index is 0.135. The molecule has 140 valence electrons. The SMILES string of the molecule is COc1ccc(C(=O)NCc2ccc(OCCC(C)C)c(OC)c2)cc1. The molecule has 0 fully saturated rings. The molecule has 5 nitrogen and oxygen atoms in total. The van der Waals surface area contributed by atoms with Gasteiger partial charge in [0.2, 0.25) is 0 Å². The standard InChI is InChI=1S/C21H27NO4/c1-15(2)11-12-26-19-10-5-16(13-20(19)25-4)14-22-21(23)17-6-8-18(24-3)9-7-17/h5-10,13,15H,11-12,14H2,1-4H3,(H,22,23). The number of ether oxygens (including phenoxy) is 3. The van der Waals surface area contributed by atoms with Crippen LogP contribution in [-0.2, 0) is 6.54 Å². The maximum absolute atomic E-state index is 12.2. The molecule has 2 rings (SSSR count). The topological polar surface area (TPSA) is 56.8 Å². The molecule has 0 aliphatic carbocycles. The number of amides is 1. The van der Waals surface area contributed by atoms with E-state index in [4.69, 9.17) is 14.2 Å². The fourth-order valence-electron chi connectivity index (χ4n) is 2.37. The van der Waals surface area contributed by atoms with Crippen LogP contribution < -0.4 is 19.5 Å². The second-order valence-corrected chi connectivity index (χ2v) is 6.43. The van der Waals surface area contributed by atoms with Crippen LogP contribution in [0.2, 0.25) is 0 Å². The lowest BCUT2D eigenvalue weighted by molar-refractivity contribution is 0.0951. The van der Waals surface area contributed by atoms with Crippen molar-refractivity contribution in [3.63, 3.8) is 0 Å². The lowest BCUT2D eigenvalue weighted by Gasteiger charge is -2.13. The maximum atomic E-state index is 12.2. The van der Waals surface area contributed by atoms with E-state index in [0.29, 0.717) is 30.4 Å². The molecule has 2 aromatic carbocycles. The summed E-state index contributed by atoms with van der Waals surface area (Å²) in [5.41, 5.74) is 1.53. The summed E-state index contributed by atoms with van der Waals surface area (Å²) in [6.07, 6.45) is 0.989. The third-order valence-corrected chi connectivity index (χ3v) is 3.99. The molecule has 0 spiro atoms. The quantitative estimate of drug-likeness (QED) is 0.735. The first-order valence-corrected chi connectivity index (χ1v) is 8.75. The predicted molar refractivity (Wildman–Crippen MR) is 102 cm³/mol. The van der Waals surface area contributed by atoms with Crippen molar-refractivity contribution in [1.29, 1.82) is 0 Å². The zero-order chi connectivity index (χ0) is 18.9. The molecule has 0 atom stereocenters. The van der Waals surface area contributed by atoms with E-state index in [1.807, 2.05) is 18.2 Å². The van der Waals surface area contributed by atoms with Crippen LogP contribution in [0.5, 0.6) is 17.2 Å². The van der Waals surface area contributed by atoms with Crippen molar-refractivity contribution in [3.05, 3.63) is 53.6 Å². The van der Waals surface area contributed by atoms with Crippen molar-refractivity contribution < 1.29 is 19.0 Å². The molecule has 2 aromatic rings. The molecule has 0 aliphatic heterocycles. The van der Waals surface area contributed by atoms with Gasteiger partial charge in [-0.15, -0.1) is 0 Å². The van der Waals surface area contributed by atoms with Crippen molar-refractivity contribution in [1.82, 2.24) is 5.32 Å². The highest BCUT2D eigenvalue weighted by molar-refractivity contribution is 5.94. The van der Waals surface area contributed by atoms with Crippen LogP contribution in [0.25, 0.3) is 0 Å². The Morgan fingerprint density at radius 3 is 2.35 bits per heavy atom. The first kappa shape index (κ1) is 19.6. The lowest BCUT2D eigenvalue weighted by Crippen LogP contribution is -2.22. The van der Waals surface area contributed by atoms with Crippen molar-refractivity contribution >= 4 is 5.91 Å². The van der Waals surface area contributed by atoms with E-state index in [9.17, 15) is 4.79 Å². The maximum Gasteiger partial charge on any atom is 0.251 e. The van der Waals surface area contributed by atoms with Gasteiger partial charge in [0.1, 0.15) is 5.75 Å². The largest absolute Gasteiger partial charge is 0.497 e. The monoisotopic (exact) mass is 357 g/mol. The molecule has 1 N–H and O–H groups in total. The zero-order valence-electron chi connectivity index (χ0n) is 15.9. The van der Waals surface area contributed by atoms with Crippen LogP contribution in [0.15, 0.2) is 42.5 Å². The normalized spacial score (nSPS) is 10.5. The van der Waals surface area contributed by atoms with Crippen LogP contribution in [0.4, 0.5) is 0 Å². The first-order chi connectivity index (χ1) is 12.5. The fourth-order valence-corrected chi connectivity index (χ4v) is 2.37. The van der Waals surface area contributed by atoms with Gasteiger partial charge in [0.15, 0.2) is 11.5 Å². The summed E-state index contributed by atoms with van der Waals surface area (Å²) >= 11 is 0. The van der Waals surface area contributed by atoms with Crippen LogP contribution in [-0.4, -0.2) is 26.7 Å². The van der Waals surface area contributed by atoms with E-state index < -0.39 is 0 Å². The Balaban J connectivity index is 1.95. The number of hydrogen-bond donors (Lipinski definition) is 1. The van der Waals surface area contributed by atoms with Gasteiger partial charge >= 0.3 is 0 Å². The average Bonchev–Trinajstić information content (AvgIpc) is 2.66. The van der Waals surface area contributed by atoms with E-state index in [1.54, 1.807) is 38.5 Å². The Bertz CT molecular complexity index is 710. The van der Waals surface area contributed by atoms with E-state index in [-0.39, 0.29) is 5.91 Å². The molecular weight excluding hydrogens is 330 g/mol. The average molecular weight is 357 g/mol. The van der Waals surface area contributed by atoms with Gasteiger partial charge in [0.25, 0.3) is 5.91 Å². The Morgan fingerprint density at radius 1 is 1.00 bits per heavy atom. The highest BCUT2D eigenvalue weighted by Gasteiger charge is 2.09. The Hall–Kier alpha value is -2.69. The first-order valence-electron chi connectivity index (χ1n) is 8.75. The van der Waals surface area contributed by atoms with Crippen molar-refractivity contribution in [2.75, 3.05) is 20.8 Å². The number of rotatable bonds is 9. The van der Waals surface area contributed by atoms with Crippen molar-refractivity contribution in [3.8, 4) is 17.2 Å². The highest BCUT2D eigenvalue weighted by Crippen LogP contribution is 2.28. The number of nitrogens with one attached hydrogen (secondary N) is 1. The number of methoxy groups -OCH3 is 2. The summed E-state index contributed by atoms with van der Waals surface area (Å²) in [7, 11) is 3.21. The van der Waals surface area contributed by atoms with Gasteiger partial charge in [-0.3, -0.25) is 4.79 Å². The second-order valence-electron chi connectivity index (χ2n) is 6.43. The van der Waals surface area contributed by atoms with Crippen molar-refractivity contribution in [2.45, 2.75) is 26.8 Å². The third kappa shape index (κ3) is 5.69. The van der Waals surface area contributed by atoms with Gasteiger partial charge in [-0.2, -0.15) is 0 Å². The molecule has 0 saturated heterocycles. The molecule has 5 heteroatoms. The van der Waals surface area contributed by atoms with Crippen molar-refractivity contribution in [2.24, 2.45) is 5.92 Å². The summed E-state index contributed by atoms with van der Waals surface area (Å²) in [6.45, 7) is 5.39. The molecule has 0 heterocycles. The molecule has 0 saturated carbocycles. The number of hydrogen-bond acceptors (Lipinski definition) is 4. The van der Waals surface area contributed by atoms with Crippen LogP contribution >= 0.6 is 0 Å². The highest BCUT2D eigenvalue weighted by atomic mass is 16.5. The molecule has 0 unspecified atom stereocenters. The molecule has 0 bridgehead atoms. The summed E-state index contributed by atoms with van der Waals surface area (Å²) < 4.78 is 16.3. The van der Waals surface area contributed by atoms with Crippen LogP contribution in [0.3, 0.4) is 0 Å². The number of carbonyl (C=O) groups is 1. The van der Waals surface area contributed by atoms with E-state index >= 15 is 0 Å². The van der Waals surface area contributed by atoms with E-state index in [2.05, 4.69) is 19.2 Å². The number of carbonyl (C=O) groups excluding carboxylic acids is 1. The second kappa shape index (κ2) is 9.70. The molecule has 0 aromatic heterocycles. The summed E-state index contributed by atoms with van der Waals surface area (Å²) in [4.78, 5) is 12.2. The molecule has 26 heavy (non-hydrogen) atoms. The molecule has 0 radical (unpaired) electrons. The van der Waals surface area contributed by atoms with Gasteiger partial charge in [0, 0.05) is 12.1 Å². The predicted octanol–water partition coefficient (Wildman–Crippen LogP) is 4.06. The molecular formula is C21H27NO4. The van der Waals surface area contributed by atoms with Crippen LogP contribution in [0, 0.1) is 5.92 Å². The Labute approximate surface area is 155 Å². The molecule has 0 aliphatic rings. The Morgan fingerprint density at radius 2 is 1.73 bits per heavy atom. The van der Waals surface area contributed by atoms with Gasteiger partial charge in [-0.25, -0.2) is 0 Å².